The van der Waals surface area contributed by atoms with Gasteiger partial charge in [0.2, 0.25) is 0 Å². The van der Waals surface area contributed by atoms with Gasteiger partial charge in [0.1, 0.15) is 0 Å². The van der Waals surface area contributed by atoms with Gasteiger partial charge in [0.25, 0.3) is 0 Å². The number of ether oxygens (including phenoxy) is 2. The van der Waals surface area contributed by atoms with E-state index in [0.29, 0.717) is 17.6 Å². The maximum absolute atomic E-state index is 5.51. The molecule has 4 heteroatoms. The molecule has 3 heterocycles. The van der Waals surface area contributed by atoms with E-state index in [2.05, 4.69) is 10.2 Å². The van der Waals surface area contributed by atoms with Crippen LogP contribution in [0.25, 0.3) is 0 Å². The molecule has 4 nitrogen and oxygen atoms in total. The van der Waals surface area contributed by atoms with E-state index < -0.39 is 0 Å². The second-order valence-electron chi connectivity index (χ2n) is 6.30. The van der Waals surface area contributed by atoms with Crippen LogP contribution in [0, 0.1) is 5.41 Å². The number of nitrogens with one attached hydrogen (secondary N) is 1. The van der Waals surface area contributed by atoms with Crippen LogP contribution in [0.4, 0.5) is 0 Å². The molecular weight excluding hydrogens is 228 g/mol. The van der Waals surface area contributed by atoms with Crippen molar-refractivity contribution in [2.75, 3.05) is 46.5 Å². The minimum absolute atomic E-state index is 0.426. The van der Waals surface area contributed by atoms with Crippen molar-refractivity contribution < 1.29 is 9.47 Å². The Hall–Kier alpha value is -0.160. The summed E-state index contributed by atoms with van der Waals surface area (Å²) in [5, 5.41) is 3.58. The summed E-state index contributed by atoms with van der Waals surface area (Å²) in [5.74, 6) is 0. The Morgan fingerprint density at radius 1 is 1.33 bits per heavy atom. The van der Waals surface area contributed by atoms with Crippen molar-refractivity contribution >= 4 is 0 Å². The minimum Gasteiger partial charge on any atom is -0.381 e. The fourth-order valence-corrected chi connectivity index (χ4v) is 3.81. The molecule has 0 aliphatic carbocycles. The first-order valence-corrected chi connectivity index (χ1v) is 7.36. The second-order valence-corrected chi connectivity index (χ2v) is 6.30. The molecule has 0 radical (unpaired) electrons. The van der Waals surface area contributed by atoms with Gasteiger partial charge in [-0.3, -0.25) is 0 Å². The zero-order valence-electron chi connectivity index (χ0n) is 11.5. The van der Waals surface area contributed by atoms with E-state index in [9.17, 15) is 0 Å². The Labute approximate surface area is 110 Å². The molecule has 3 fully saturated rings. The summed E-state index contributed by atoms with van der Waals surface area (Å²) in [6.45, 7) is 6.72. The maximum Gasteiger partial charge on any atom is 0.0711 e. The van der Waals surface area contributed by atoms with Crippen LogP contribution in [-0.2, 0) is 9.47 Å². The van der Waals surface area contributed by atoms with Crippen molar-refractivity contribution in [3.8, 4) is 0 Å². The van der Waals surface area contributed by atoms with E-state index in [1.807, 2.05) is 7.11 Å². The average molecular weight is 254 g/mol. The van der Waals surface area contributed by atoms with Crippen molar-refractivity contribution in [1.82, 2.24) is 10.2 Å². The van der Waals surface area contributed by atoms with Crippen molar-refractivity contribution in [2.45, 2.75) is 37.8 Å². The smallest absolute Gasteiger partial charge is 0.0711 e. The lowest BCUT2D eigenvalue weighted by atomic mass is 9.80. The van der Waals surface area contributed by atoms with Crippen LogP contribution in [0.3, 0.4) is 0 Å². The van der Waals surface area contributed by atoms with Gasteiger partial charge in [0, 0.05) is 46.0 Å². The highest BCUT2D eigenvalue weighted by Gasteiger charge is 2.40. The molecule has 2 atom stereocenters. The number of likely N-dealkylation sites (tertiary alicyclic amines) is 1. The Bertz CT molecular complexity index is 279. The van der Waals surface area contributed by atoms with E-state index in [4.69, 9.17) is 9.47 Å². The van der Waals surface area contributed by atoms with Crippen LogP contribution >= 0.6 is 0 Å². The third-order valence-corrected chi connectivity index (χ3v) is 5.06. The van der Waals surface area contributed by atoms with Gasteiger partial charge in [-0.2, -0.15) is 0 Å². The van der Waals surface area contributed by atoms with Gasteiger partial charge < -0.3 is 19.7 Å². The van der Waals surface area contributed by atoms with Gasteiger partial charge in [0.05, 0.1) is 6.10 Å². The predicted molar refractivity (Wildman–Crippen MR) is 70.7 cm³/mol. The number of nitrogens with zero attached hydrogens (tertiary/aromatic N) is 1. The summed E-state index contributed by atoms with van der Waals surface area (Å²) in [6.07, 6.45) is 5.50. The van der Waals surface area contributed by atoms with Gasteiger partial charge in [0.15, 0.2) is 0 Å². The molecule has 0 aromatic carbocycles. The van der Waals surface area contributed by atoms with Crippen molar-refractivity contribution in [2.24, 2.45) is 5.41 Å². The molecule has 3 aliphatic rings. The van der Waals surface area contributed by atoms with Crippen molar-refractivity contribution in [3.05, 3.63) is 0 Å². The lowest BCUT2D eigenvalue weighted by Gasteiger charge is -2.33. The quantitative estimate of drug-likeness (QED) is 0.810. The average Bonchev–Trinajstić information content (AvgIpc) is 2.99. The highest BCUT2D eigenvalue weighted by Crippen LogP contribution is 2.39. The lowest BCUT2D eigenvalue weighted by molar-refractivity contribution is 0.0190. The molecule has 2 unspecified atom stereocenters. The van der Waals surface area contributed by atoms with Gasteiger partial charge in [-0.05, 0) is 37.6 Å². The molecule has 3 aliphatic heterocycles. The number of rotatable bonds is 3. The Kier molecular flexibility index (Phi) is 3.89. The normalized spacial score (nSPS) is 36.5. The number of methoxy groups -OCH3 is 1. The van der Waals surface area contributed by atoms with Crippen LogP contribution in [0.5, 0.6) is 0 Å². The molecule has 1 spiro atoms. The Morgan fingerprint density at radius 2 is 2.17 bits per heavy atom. The van der Waals surface area contributed by atoms with Crippen LogP contribution < -0.4 is 5.32 Å². The van der Waals surface area contributed by atoms with E-state index >= 15 is 0 Å². The molecular formula is C14H26N2O2. The topological polar surface area (TPSA) is 33.7 Å². The fraction of sp³-hybridized carbons (Fsp3) is 1.00. The highest BCUT2D eigenvalue weighted by atomic mass is 16.5. The third-order valence-electron chi connectivity index (χ3n) is 5.06. The molecule has 0 aromatic heterocycles. The molecule has 104 valence electrons. The Morgan fingerprint density at radius 3 is 2.89 bits per heavy atom. The largest absolute Gasteiger partial charge is 0.381 e. The van der Waals surface area contributed by atoms with Crippen molar-refractivity contribution in [1.29, 1.82) is 0 Å². The third kappa shape index (κ3) is 2.72. The summed E-state index contributed by atoms with van der Waals surface area (Å²) in [5.41, 5.74) is 0.581. The Balaban J connectivity index is 1.47. The standard InChI is InChI=1S/C14H26N2O2/c1-17-13-8-12(15-9-13)10-16-5-2-14(11-16)3-6-18-7-4-14/h12-13,15H,2-11H2,1H3. The predicted octanol–water partition coefficient (Wildman–Crippen LogP) is 0.866. The summed E-state index contributed by atoms with van der Waals surface area (Å²) >= 11 is 0. The second kappa shape index (κ2) is 5.45. The van der Waals surface area contributed by atoms with Crippen molar-refractivity contribution in [3.63, 3.8) is 0 Å². The zero-order valence-corrected chi connectivity index (χ0v) is 11.5. The SMILES string of the molecule is COC1CNC(CN2CCC3(CCOCC3)C2)C1. The summed E-state index contributed by atoms with van der Waals surface area (Å²) in [7, 11) is 1.82. The molecule has 0 bridgehead atoms. The summed E-state index contributed by atoms with van der Waals surface area (Å²) in [4.78, 5) is 2.65. The van der Waals surface area contributed by atoms with E-state index in [0.717, 1.165) is 19.8 Å². The fourth-order valence-electron chi connectivity index (χ4n) is 3.81. The van der Waals surface area contributed by atoms with Gasteiger partial charge >= 0.3 is 0 Å². The molecule has 0 aromatic rings. The van der Waals surface area contributed by atoms with Crippen LogP contribution in [0.15, 0.2) is 0 Å². The first kappa shape index (κ1) is 12.9. The maximum atomic E-state index is 5.51. The molecule has 0 saturated carbocycles. The van der Waals surface area contributed by atoms with E-state index in [-0.39, 0.29) is 0 Å². The zero-order chi connectivity index (χ0) is 12.4. The summed E-state index contributed by atoms with van der Waals surface area (Å²) in [6, 6.07) is 0.630. The van der Waals surface area contributed by atoms with Crippen LogP contribution in [0.1, 0.15) is 25.7 Å². The first-order chi connectivity index (χ1) is 8.80. The van der Waals surface area contributed by atoms with Gasteiger partial charge in [-0.15, -0.1) is 0 Å². The highest BCUT2D eigenvalue weighted by molar-refractivity contribution is 4.94. The van der Waals surface area contributed by atoms with E-state index in [1.54, 1.807) is 0 Å². The lowest BCUT2D eigenvalue weighted by Crippen LogP contribution is -2.38. The summed E-state index contributed by atoms with van der Waals surface area (Å²) < 4.78 is 10.9. The number of hydrogen-bond donors (Lipinski definition) is 1. The van der Waals surface area contributed by atoms with Crippen LogP contribution in [0.2, 0.25) is 0 Å². The molecule has 0 amide bonds. The number of hydrogen-bond acceptors (Lipinski definition) is 4. The monoisotopic (exact) mass is 254 g/mol. The van der Waals surface area contributed by atoms with E-state index in [1.165, 1.54) is 45.3 Å². The molecule has 3 saturated heterocycles. The molecule has 1 N–H and O–H groups in total. The molecule has 18 heavy (non-hydrogen) atoms. The van der Waals surface area contributed by atoms with Gasteiger partial charge in [-0.1, -0.05) is 0 Å². The van der Waals surface area contributed by atoms with Crippen LogP contribution in [-0.4, -0.2) is 63.5 Å². The minimum atomic E-state index is 0.426. The molecule has 3 rings (SSSR count). The van der Waals surface area contributed by atoms with Gasteiger partial charge in [-0.25, -0.2) is 0 Å². The first-order valence-electron chi connectivity index (χ1n) is 7.36.